The second-order valence-electron chi connectivity index (χ2n) is 6.63. The Kier molecular flexibility index (Phi) is 7.62. The van der Waals surface area contributed by atoms with Gasteiger partial charge in [0, 0.05) is 41.6 Å². The fourth-order valence-corrected chi connectivity index (χ4v) is 5.50. The molecular weight excluding hydrogens is 451 g/mol. The molecule has 1 aliphatic rings. The predicted octanol–water partition coefficient (Wildman–Crippen LogP) is 3.83. The van der Waals surface area contributed by atoms with Gasteiger partial charge in [-0.1, -0.05) is 17.7 Å². The zero-order valence-corrected chi connectivity index (χ0v) is 18.7. The number of nitrogens with zero attached hydrogens (tertiary/aromatic N) is 1. The lowest BCUT2D eigenvalue weighted by atomic mass is 10.2. The Morgan fingerprint density at radius 2 is 2.10 bits per heavy atom. The van der Waals surface area contributed by atoms with E-state index in [1.165, 1.54) is 37.1 Å². The van der Waals surface area contributed by atoms with E-state index in [2.05, 4.69) is 4.72 Å². The van der Waals surface area contributed by atoms with Gasteiger partial charge in [-0.3, -0.25) is 4.79 Å². The van der Waals surface area contributed by atoms with E-state index in [1.54, 1.807) is 23.1 Å². The van der Waals surface area contributed by atoms with Gasteiger partial charge in [-0.05, 0) is 36.8 Å². The summed E-state index contributed by atoms with van der Waals surface area (Å²) in [4.78, 5) is 13.7. The Hall–Kier alpha value is -1.81. The van der Waals surface area contributed by atoms with Crippen LogP contribution < -0.4 is 14.4 Å². The van der Waals surface area contributed by atoms with Gasteiger partial charge in [0.2, 0.25) is 15.9 Å². The Morgan fingerprint density at radius 1 is 1.30 bits per heavy atom. The van der Waals surface area contributed by atoms with Crippen LogP contribution >= 0.6 is 23.4 Å². The molecule has 1 aliphatic heterocycles. The minimum Gasteiger partial charge on any atom is -0.495 e. The molecule has 1 saturated heterocycles. The summed E-state index contributed by atoms with van der Waals surface area (Å²) in [6.07, 6.45) is 1.15. The van der Waals surface area contributed by atoms with Crippen molar-refractivity contribution in [2.24, 2.45) is 0 Å². The molecule has 3 rings (SSSR count). The topological polar surface area (TPSA) is 75.7 Å². The number of thioether (sulfide) groups is 1. The quantitative estimate of drug-likeness (QED) is 0.561. The van der Waals surface area contributed by atoms with E-state index in [9.17, 15) is 17.6 Å². The molecule has 2 aromatic carbocycles. The Bertz CT molecular complexity index is 1010. The number of halogens is 2. The number of sulfonamides is 1. The Labute approximate surface area is 184 Å². The smallest absolute Gasteiger partial charge is 0.240 e. The molecule has 30 heavy (non-hydrogen) atoms. The van der Waals surface area contributed by atoms with Crippen molar-refractivity contribution in [3.05, 3.63) is 52.8 Å². The van der Waals surface area contributed by atoms with Crippen LogP contribution in [0.3, 0.4) is 0 Å². The molecule has 1 N–H and O–H groups in total. The van der Waals surface area contributed by atoms with Crippen LogP contribution in [0.5, 0.6) is 5.75 Å². The SMILES string of the molecule is COc1ccc(S(=O)(=O)NCCSCc2c(F)cccc2Cl)cc1N1CCCC1=O. The normalized spacial score (nSPS) is 14.4. The molecule has 0 aromatic heterocycles. The van der Waals surface area contributed by atoms with Crippen LogP contribution in [0.15, 0.2) is 41.3 Å². The number of carbonyl (C=O) groups excluding carboxylic acids is 1. The van der Waals surface area contributed by atoms with Crippen LogP contribution in [0.2, 0.25) is 5.02 Å². The van der Waals surface area contributed by atoms with E-state index in [1.807, 2.05) is 0 Å². The molecule has 0 aliphatic carbocycles. The van der Waals surface area contributed by atoms with Gasteiger partial charge in [0.05, 0.1) is 17.7 Å². The number of rotatable bonds is 9. The number of nitrogens with one attached hydrogen (secondary N) is 1. The van der Waals surface area contributed by atoms with Crippen LogP contribution in [-0.2, 0) is 20.6 Å². The van der Waals surface area contributed by atoms with Gasteiger partial charge >= 0.3 is 0 Å². The van der Waals surface area contributed by atoms with Gasteiger partial charge in [-0.2, -0.15) is 11.8 Å². The van der Waals surface area contributed by atoms with E-state index in [-0.39, 0.29) is 23.2 Å². The number of hydrogen-bond donors (Lipinski definition) is 1. The Balaban J connectivity index is 1.62. The number of hydrogen-bond acceptors (Lipinski definition) is 5. The van der Waals surface area contributed by atoms with E-state index in [0.717, 1.165) is 6.42 Å². The first kappa shape index (κ1) is 22.9. The summed E-state index contributed by atoms with van der Waals surface area (Å²) >= 11 is 7.37. The van der Waals surface area contributed by atoms with E-state index in [0.29, 0.717) is 46.5 Å². The summed E-state index contributed by atoms with van der Waals surface area (Å²) < 4.78 is 47.0. The summed E-state index contributed by atoms with van der Waals surface area (Å²) in [5.74, 6) is 0.799. The van der Waals surface area contributed by atoms with Gasteiger partial charge in [0.1, 0.15) is 11.6 Å². The summed E-state index contributed by atoms with van der Waals surface area (Å²) in [6.45, 7) is 0.699. The van der Waals surface area contributed by atoms with Crippen molar-refractivity contribution < 1.29 is 22.3 Å². The van der Waals surface area contributed by atoms with Crippen molar-refractivity contribution in [1.29, 1.82) is 0 Å². The number of anilines is 1. The van der Waals surface area contributed by atoms with Crippen LogP contribution in [0.4, 0.5) is 10.1 Å². The predicted molar refractivity (Wildman–Crippen MR) is 117 cm³/mol. The minimum absolute atomic E-state index is 0.0557. The molecule has 0 spiro atoms. The number of methoxy groups -OCH3 is 1. The van der Waals surface area contributed by atoms with Crippen LogP contribution in [0.1, 0.15) is 18.4 Å². The van der Waals surface area contributed by atoms with Crippen LogP contribution in [0, 0.1) is 5.82 Å². The maximum atomic E-state index is 13.8. The third kappa shape index (κ3) is 5.26. The lowest BCUT2D eigenvalue weighted by molar-refractivity contribution is -0.117. The fourth-order valence-electron chi connectivity index (χ4n) is 3.13. The van der Waals surface area contributed by atoms with Crippen molar-refractivity contribution >= 4 is 45.0 Å². The van der Waals surface area contributed by atoms with Gasteiger partial charge in [-0.25, -0.2) is 17.5 Å². The van der Waals surface area contributed by atoms with Crippen molar-refractivity contribution in [3.63, 3.8) is 0 Å². The first-order chi connectivity index (χ1) is 14.3. The average molecular weight is 473 g/mol. The second-order valence-corrected chi connectivity index (χ2v) is 9.91. The maximum Gasteiger partial charge on any atom is 0.240 e. The molecule has 0 radical (unpaired) electrons. The van der Waals surface area contributed by atoms with Crippen molar-refractivity contribution in [2.75, 3.05) is 30.9 Å². The molecule has 162 valence electrons. The number of ether oxygens (including phenoxy) is 1. The molecule has 0 atom stereocenters. The standard InChI is InChI=1S/C20H22ClFN2O4S2/c1-28-19-8-7-14(12-18(19)24-10-3-6-20(24)25)30(26,27)23-9-11-29-13-15-16(21)4-2-5-17(15)22/h2,4-5,7-8,12,23H,3,6,9-11,13H2,1H3. The van der Waals surface area contributed by atoms with Gasteiger partial charge < -0.3 is 9.64 Å². The van der Waals surface area contributed by atoms with Gasteiger partial charge in [-0.15, -0.1) is 0 Å². The molecule has 1 amide bonds. The van der Waals surface area contributed by atoms with E-state index in [4.69, 9.17) is 16.3 Å². The molecule has 10 heteroatoms. The molecule has 6 nitrogen and oxygen atoms in total. The zero-order chi connectivity index (χ0) is 21.7. The minimum atomic E-state index is -3.77. The van der Waals surface area contributed by atoms with Crippen molar-refractivity contribution in [2.45, 2.75) is 23.5 Å². The fraction of sp³-hybridized carbons (Fsp3) is 0.350. The van der Waals surface area contributed by atoms with E-state index < -0.39 is 10.0 Å². The lowest BCUT2D eigenvalue weighted by Gasteiger charge is -2.20. The summed E-state index contributed by atoms with van der Waals surface area (Å²) in [5.41, 5.74) is 0.855. The Morgan fingerprint density at radius 3 is 2.77 bits per heavy atom. The molecule has 1 heterocycles. The number of amides is 1. The zero-order valence-electron chi connectivity index (χ0n) is 16.4. The largest absolute Gasteiger partial charge is 0.495 e. The lowest BCUT2D eigenvalue weighted by Crippen LogP contribution is -2.27. The highest BCUT2D eigenvalue weighted by atomic mass is 35.5. The third-order valence-corrected chi connectivity index (χ3v) is 7.47. The second kappa shape index (κ2) is 10.00. The number of carbonyl (C=O) groups is 1. The molecular formula is C20H22ClFN2O4S2. The molecule has 0 saturated carbocycles. The summed E-state index contributed by atoms with van der Waals surface area (Å²) in [7, 11) is -2.30. The highest BCUT2D eigenvalue weighted by Gasteiger charge is 2.26. The van der Waals surface area contributed by atoms with Gasteiger partial charge in [0.15, 0.2) is 0 Å². The first-order valence-electron chi connectivity index (χ1n) is 9.32. The van der Waals surface area contributed by atoms with Crippen LogP contribution in [0.25, 0.3) is 0 Å². The monoisotopic (exact) mass is 472 g/mol. The van der Waals surface area contributed by atoms with Crippen LogP contribution in [-0.4, -0.2) is 40.3 Å². The van der Waals surface area contributed by atoms with Crippen molar-refractivity contribution in [3.8, 4) is 5.75 Å². The number of benzene rings is 2. The highest BCUT2D eigenvalue weighted by Crippen LogP contribution is 2.33. The molecule has 0 bridgehead atoms. The first-order valence-corrected chi connectivity index (χ1v) is 12.3. The maximum absolute atomic E-state index is 13.8. The van der Waals surface area contributed by atoms with Gasteiger partial charge in [0.25, 0.3) is 0 Å². The molecule has 2 aromatic rings. The summed E-state index contributed by atoms with van der Waals surface area (Å²) in [6, 6.07) is 8.95. The summed E-state index contributed by atoms with van der Waals surface area (Å²) in [5, 5.41) is 0.352. The third-order valence-electron chi connectivity index (χ3n) is 4.67. The highest BCUT2D eigenvalue weighted by molar-refractivity contribution is 7.98. The van der Waals surface area contributed by atoms with Crippen molar-refractivity contribution in [1.82, 2.24) is 4.72 Å². The molecule has 0 unspecified atom stereocenters. The molecule has 1 fully saturated rings. The average Bonchev–Trinajstić information content (AvgIpc) is 3.14. The van der Waals surface area contributed by atoms with E-state index >= 15 is 0 Å².